The maximum Gasteiger partial charge on any atom is 0.416 e. The zero-order valence-corrected chi connectivity index (χ0v) is 12.2. The molecule has 1 aliphatic rings. The number of urea groups is 1. The number of aliphatic hydroxyl groups is 1. The Kier molecular flexibility index (Phi) is 4.77. The molecule has 2 atom stereocenters. The molecule has 0 spiro atoms. The lowest BCUT2D eigenvalue weighted by molar-refractivity contribution is -0.207. The van der Waals surface area contributed by atoms with Gasteiger partial charge in [0.1, 0.15) is 12.7 Å². The van der Waals surface area contributed by atoms with E-state index in [1.807, 2.05) is 6.92 Å². The fourth-order valence-electron chi connectivity index (χ4n) is 2.20. The molecule has 23 heavy (non-hydrogen) atoms. The van der Waals surface area contributed by atoms with E-state index in [9.17, 15) is 23.1 Å². The summed E-state index contributed by atoms with van der Waals surface area (Å²) >= 11 is 0. The van der Waals surface area contributed by atoms with Crippen molar-refractivity contribution in [1.29, 1.82) is 5.26 Å². The number of nitrogens with one attached hydrogen (secondary N) is 1. The first-order valence-corrected chi connectivity index (χ1v) is 6.76. The maximum absolute atomic E-state index is 12.6. The molecule has 124 valence electrons. The second-order valence-corrected chi connectivity index (χ2v) is 5.18. The van der Waals surface area contributed by atoms with Gasteiger partial charge in [0.25, 0.3) is 0 Å². The summed E-state index contributed by atoms with van der Waals surface area (Å²) in [5.74, 6) is 0. The minimum absolute atomic E-state index is 0.320. The summed E-state index contributed by atoms with van der Waals surface area (Å²) in [4.78, 5) is 13.0. The summed E-state index contributed by atoms with van der Waals surface area (Å²) < 4.78 is 37.7. The standard InChI is InChI=1S/C14H15F3N4O2/c1-9-2-4-10(5-3-9)12-19-21(7-6-18)13(23)20(12)8-11(22)14(15,16)17/h2-5,11-12,19,22H,7-8H2,1H3. The average molecular weight is 328 g/mol. The highest BCUT2D eigenvalue weighted by atomic mass is 19.4. The van der Waals surface area contributed by atoms with Crippen molar-refractivity contribution in [2.45, 2.75) is 25.4 Å². The Bertz CT molecular complexity index is 612. The van der Waals surface area contributed by atoms with Crippen LogP contribution in [0.15, 0.2) is 24.3 Å². The summed E-state index contributed by atoms with van der Waals surface area (Å²) in [5.41, 5.74) is 4.20. The van der Waals surface area contributed by atoms with Crippen LogP contribution in [0, 0.1) is 18.3 Å². The highest BCUT2D eigenvalue weighted by molar-refractivity contribution is 5.76. The van der Waals surface area contributed by atoms with Crippen LogP contribution < -0.4 is 5.43 Å². The predicted molar refractivity (Wildman–Crippen MR) is 73.5 cm³/mol. The number of aliphatic hydroxyl groups excluding tert-OH is 1. The number of carbonyl (C=O) groups excluding carboxylic acids is 1. The van der Waals surface area contributed by atoms with Crippen molar-refractivity contribution in [3.05, 3.63) is 35.4 Å². The van der Waals surface area contributed by atoms with Gasteiger partial charge < -0.3 is 5.11 Å². The fourth-order valence-corrected chi connectivity index (χ4v) is 2.20. The third-order valence-corrected chi connectivity index (χ3v) is 3.44. The fraction of sp³-hybridized carbons (Fsp3) is 0.429. The first-order chi connectivity index (χ1) is 10.7. The van der Waals surface area contributed by atoms with Gasteiger partial charge in [-0.3, -0.25) is 4.90 Å². The third-order valence-electron chi connectivity index (χ3n) is 3.44. The third kappa shape index (κ3) is 3.72. The first-order valence-electron chi connectivity index (χ1n) is 6.76. The van der Waals surface area contributed by atoms with E-state index < -0.39 is 31.0 Å². The van der Waals surface area contributed by atoms with Crippen molar-refractivity contribution < 1.29 is 23.1 Å². The molecule has 0 aliphatic carbocycles. The van der Waals surface area contributed by atoms with Gasteiger partial charge >= 0.3 is 12.2 Å². The van der Waals surface area contributed by atoms with Crippen LogP contribution in [0.1, 0.15) is 17.3 Å². The Labute approximate surface area is 130 Å². The van der Waals surface area contributed by atoms with Gasteiger partial charge in [0.05, 0.1) is 12.6 Å². The number of benzene rings is 1. The molecule has 6 nitrogen and oxygen atoms in total. The summed E-state index contributed by atoms with van der Waals surface area (Å²) in [6, 6.07) is 7.82. The Hall–Kier alpha value is -2.31. The highest BCUT2D eigenvalue weighted by Crippen LogP contribution is 2.29. The molecule has 2 N–H and O–H groups in total. The van der Waals surface area contributed by atoms with Crippen molar-refractivity contribution in [3.63, 3.8) is 0 Å². The Balaban J connectivity index is 2.27. The molecule has 1 saturated heterocycles. The number of alkyl halides is 3. The van der Waals surface area contributed by atoms with Gasteiger partial charge in [-0.15, -0.1) is 0 Å². The number of halogens is 3. The lowest BCUT2D eigenvalue weighted by atomic mass is 10.1. The molecule has 1 fully saturated rings. The van der Waals surface area contributed by atoms with Crippen LogP contribution in [-0.2, 0) is 0 Å². The molecule has 2 amide bonds. The van der Waals surface area contributed by atoms with Gasteiger partial charge in [-0.2, -0.15) is 18.4 Å². The molecule has 0 radical (unpaired) electrons. The van der Waals surface area contributed by atoms with E-state index in [-0.39, 0.29) is 6.54 Å². The van der Waals surface area contributed by atoms with E-state index in [2.05, 4.69) is 5.43 Å². The van der Waals surface area contributed by atoms with Crippen molar-refractivity contribution in [1.82, 2.24) is 15.3 Å². The SMILES string of the molecule is Cc1ccc(C2NN(CC#N)C(=O)N2CC(O)C(F)(F)F)cc1. The van der Waals surface area contributed by atoms with E-state index in [0.29, 0.717) is 5.56 Å². The summed E-state index contributed by atoms with van der Waals surface area (Å²) in [6.07, 6.45) is -8.38. The van der Waals surface area contributed by atoms with Gasteiger partial charge in [0.2, 0.25) is 0 Å². The van der Waals surface area contributed by atoms with Crippen LogP contribution in [0.4, 0.5) is 18.0 Å². The number of nitrogens with zero attached hydrogens (tertiary/aromatic N) is 3. The van der Waals surface area contributed by atoms with E-state index in [4.69, 9.17) is 5.26 Å². The van der Waals surface area contributed by atoms with Gasteiger partial charge in [-0.25, -0.2) is 15.2 Å². The zero-order chi connectivity index (χ0) is 17.2. The van der Waals surface area contributed by atoms with E-state index in [1.165, 1.54) is 0 Å². The predicted octanol–water partition coefficient (Wildman–Crippen LogP) is 1.68. The molecule has 1 aliphatic heterocycles. The Morgan fingerprint density at radius 3 is 2.52 bits per heavy atom. The number of amides is 2. The molecule has 0 aromatic heterocycles. The number of rotatable bonds is 4. The van der Waals surface area contributed by atoms with E-state index in [0.717, 1.165) is 15.5 Å². The minimum atomic E-state index is -4.83. The highest BCUT2D eigenvalue weighted by Gasteiger charge is 2.45. The molecule has 2 rings (SSSR count). The molecule has 0 saturated carbocycles. The van der Waals surface area contributed by atoms with Crippen molar-refractivity contribution in [3.8, 4) is 6.07 Å². The first kappa shape index (κ1) is 17.1. The Morgan fingerprint density at radius 2 is 2.00 bits per heavy atom. The molecular formula is C14H15F3N4O2. The molecule has 1 heterocycles. The smallest absolute Gasteiger partial charge is 0.382 e. The van der Waals surface area contributed by atoms with Crippen LogP contribution in [0.2, 0.25) is 0 Å². The molecule has 1 aromatic rings. The Morgan fingerprint density at radius 1 is 1.39 bits per heavy atom. The number of hydrogen-bond donors (Lipinski definition) is 2. The molecule has 2 unspecified atom stereocenters. The number of β-amino-alcohol motifs (C(OH)–C–C–N with tert-alkyl or cyclic N) is 1. The van der Waals surface area contributed by atoms with E-state index in [1.54, 1.807) is 30.3 Å². The lowest BCUT2D eigenvalue weighted by Gasteiger charge is -2.26. The van der Waals surface area contributed by atoms with Crippen LogP contribution in [-0.4, -0.2) is 46.4 Å². The molecule has 1 aromatic carbocycles. The van der Waals surface area contributed by atoms with Crippen LogP contribution >= 0.6 is 0 Å². The monoisotopic (exact) mass is 328 g/mol. The van der Waals surface area contributed by atoms with Crippen molar-refractivity contribution in [2.24, 2.45) is 0 Å². The largest absolute Gasteiger partial charge is 0.416 e. The quantitative estimate of drug-likeness (QED) is 0.824. The topological polar surface area (TPSA) is 79.6 Å². The molecule has 0 bridgehead atoms. The van der Waals surface area contributed by atoms with E-state index >= 15 is 0 Å². The summed E-state index contributed by atoms with van der Waals surface area (Å²) in [6.45, 7) is 0.611. The van der Waals surface area contributed by atoms with Crippen molar-refractivity contribution in [2.75, 3.05) is 13.1 Å². The number of nitriles is 1. The second-order valence-electron chi connectivity index (χ2n) is 5.18. The summed E-state index contributed by atoms with van der Waals surface area (Å²) in [5, 5.41) is 18.9. The number of carbonyl (C=O) groups is 1. The minimum Gasteiger partial charge on any atom is -0.382 e. The number of hydrazine groups is 1. The van der Waals surface area contributed by atoms with Gasteiger partial charge in [0.15, 0.2) is 6.10 Å². The normalized spacial score (nSPS) is 19.8. The molecular weight excluding hydrogens is 313 g/mol. The van der Waals surface area contributed by atoms with Gasteiger partial charge in [0, 0.05) is 0 Å². The van der Waals surface area contributed by atoms with Crippen LogP contribution in [0.5, 0.6) is 0 Å². The van der Waals surface area contributed by atoms with Gasteiger partial charge in [-0.05, 0) is 12.5 Å². The second kappa shape index (κ2) is 6.44. The zero-order valence-electron chi connectivity index (χ0n) is 12.2. The molecule has 9 heteroatoms. The number of aryl methyl sites for hydroxylation is 1. The van der Waals surface area contributed by atoms with Crippen LogP contribution in [0.3, 0.4) is 0 Å². The van der Waals surface area contributed by atoms with Crippen molar-refractivity contribution >= 4 is 6.03 Å². The summed E-state index contributed by atoms with van der Waals surface area (Å²) in [7, 11) is 0. The maximum atomic E-state index is 12.6. The van der Waals surface area contributed by atoms with Gasteiger partial charge in [-0.1, -0.05) is 29.8 Å². The van der Waals surface area contributed by atoms with Crippen LogP contribution in [0.25, 0.3) is 0 Å². The lowest BCUT2D eigenvalue weighted by Crippen LogP contribution is -2.43. The average Bonchev–Trinajstić information content (AvgIpc) is 2.77. The number of hydrogen-bond acceptors (Lipinski definition) is 4.